The molecule has 4 nitrogen and oxygen atoms in total. The molecule has 0 unspecified atom stereocenters. The van der Waals surface area contributed by atoms with Crippen molar-refractivity contribution in [2.45, 2.75) is 50.2 Å². The average Bonchev–Trinajstić information content (AvgIpc) is 2.81. The third-order valence-electron chi connectivity index (χ3n) is 3.48. The molecule has 1 aromatic carbocycles. The molecule has 0 amide bonds. The number of nitrogens with one attached hydrogen (secondary N) is 1. The van der Waals surface area contributed by atoms with Crippen molar-refractivity contribution in [2.24, 2.45) is 0 Å². The molecule has 0 radical (unpaired) electrons. The molecule has 0 saturated heterocycles. The van der Waals surface area contributed by atoms with Crippen LogP contribution in [0.25, 0.3) is 0 Å². The normalized spacial score (nSPS) is 17.2. The molecule has 2 rings (SSSR count). The monoisotopic (exact) mass is 269 g/mol. The van der Waals surface area contributed by atoms with Gasteiger partial charge >= 0.3 is 0 Å². The highest BCUT2D eigenvalue weighted by Gasteiger charge is 2.23. The van der Waals surface area contributed by atoms with Crippen molar-refractivity contribution in [3.05, 3.63) is 29.3 Å². The Labute approximate surface area is 108 Å². The topological polar surface area (TPSA) is 66.4 Å². The number of hydrogen-bond donors (Lipinski definition) is 2. The Hall–Kier alpha value is -0.910. The van der Waals surface area contributed by atoms with E-state index in [0.29, 0.717) is 5.56 Å². The molecule has 1 aliphatic carbocycles. The van der Waals surface area contributed by atoms with Gasteiger partial charge in [-0.05, 0) is 43.0 Å². The van der Waals surface area contributed by atoms with Crippen LogP contribution in [0.15, 0.2) is 23.1 Å². The minimum absolute atomic E-state index is 0.0638. The van der Waals surface area contributed by atoms with Crippen LogP contribution in [0.3, 0.4) is 0 Å². The summed E-state index contributed by atoms with van der Waals surface area (Å²) < 4.78 is 27.1. The van der Waals surface area contributed by atoms with Crippen molar-refractivity contribution >= 4 is 10.0 Å². The number of rotatable bonds is 4. The van der Waals surface area contributed by atoms with Gasteiger partial charge in [0.2, 0.25) is 10.0 Å². The fraction of sp³-hybridized carbons (Fsp3) is 0.538. The van der Waals surface area contributed by atoms with Crippen LogP contribution in [-0.4, -0.2) is 19.6 Å². The second-order valence-electron chi connectivity index (χ2n) is 4.85. The molecule has 1 aromatic rings. The minimum atomic E-state index is -3.45. The van der Waals surface area contributed by atoms with Crippen LogP contribution in [-0.2, 0) is 16.6 Å². The molecule has 2 N–H and O–H groups in total. The quantitative estimate of drug-likeness (QED) is 0.874. The largest absolute Gasteiger partial charge is 0.392 e. The summed E-state index contributed by atoms with van der Waals surface area (Å²) in [6.07, 6.45) is 4.00. The second kappa shape index (κ2) is 5.38. The molecule has 100 valence electrons. The first-order valence-corrected chi connectivity index (χ1v) is 7.74. The van der Waals surface area contributed by atoms with Gasteiger partial charge in [-0.25, -0.2) is 13.1 Å². The summed E-state index contributed by atoms with van der Waals surface area (Å²) >= 11 is 0. The van der Waals surface area contributed by atoms with Crippen molar-refractivity contribution in [3.63, 3.8) is 0 Å². The van der Waals surface area contributed by atoms with Gasteiger partial charge in [-0.15, -0.1) is 0 Å². The van der Waals surface area contributed by atoms with Crippen molar-refractivity contribution in [2.75, 3.05) is 0 Å². The Bertz CT molecular complexity index is 519. The Morgan fingerprint density at radius 3 is 2.61 bits per heavy atom. The van der Waals surface area contributed by atoms with E-state index in [1.807, 2.05) is 6.92 Å². The van der Waals surface area contributed by atoms with Gasteiger partial charge < -0.3 is 5.11 Å². The third-order valence-corrected chi connectivity index (χ3v) is 5.00. The van der Waals surface area contributed by atoms with Gasteiger partial charge in [0.25, 0.3) is 0 Å². The Morgan fingerprint density at radius 2 is 2.00 bits per heavy atom. The number of aryl methyl sites for hydroxylation is 1. The smallest absolute Gasteiger partial charge is 0.240 e. The number of benzene rings is 1. The summed E-state index contributed by atoms with van der Waals surface area (Å²) in [5.74, 6) is 0. The highest BCUT2D eigenvalue weighted by atomic mass is 32.2. The zero-order valence-corrected chi connectivity index (χ0v) is 11.3. The van der Waals surface area contributed by atoms with Crippen molar-refractivity contribution in [3.8, 4) is 0 Å². The predicted molar refractivity (Wildman–Crippen MR) is 69.7 cm³/mol. The molecular formula is C13H19NO3S. The maximum absolute atomic E-state index is 12.2. The zero-order valence-electron chi connectivity index (χ0n) is 10.5. The summed E-state index contributed by atoms with van der Waals surface area (Å²) in [6, 6.07) is 4.93. The first-order valence-electron chi connectivity index (χ1n) is 6.25. The molecule has 0 bridgehead atoms. The van der Waals surface area contributed by atoms with Crippen LogP contribution in [0.4, 0.5) is 0 Å². The molecule has 0 aliphatic heterocycles. The van der Waals surface area contributed by atoms with E-state index in [9.17, 15) is 13.5 Å². The highest BCUT2D eigenvalue weighted by molar-refractivity contribution is 7.89. The maximum Gasteiger partial charge on any atom is 0.240 e. The van der Waals surface area contributed by atoms with Crippen molar-refractivity contribution < 1.29 is 13.5 Å². The summed E-state index contributed by atoms with van der Waals surface area (Å²) in [7, 11) is -3.45. The van der Waals surface area contributed by atoms with Crippen LogP contribution in [0.1, 0.15) is 36.8 Å². The summed E-state index contributed by atoms with van der Waals surface area (Å²) in [5, 5.41) is 9.18. The maximum atomic E-state index is 12.2. The Kier molecular flexibility index (Phi) is 4.04. The number of aliphatic hydroxyl groups excluding tert-OH is 1. The van der Waals surface area contributed by atoms with E-state index in [2.05, 4.69) is 4.72 Å². The van der Waals surface area contributed by atoms with E-state index in [-0.39, 0.29) is 17.5 Å². The van der Waals surface area contributed by atoms with Gasteiger partial charge in [0.1, 0.15) is 0 Å². The lowest BCUT2D eigenvalue weighted by Gasteiger charge is -2.13. The SMILES string of the molecule is Cc1ccc(S(=O)(=O)NC2CCCC2)cc1CO. The van der Waals surface area contributed by atoms with E-state index in [0.717, 1.165) is 31.2 Å². The molecule has 0 heterocycles. The third kappa shape index (κ3) is 2.91. The lowest BCUT2D eigenvalue weighted by Crippen LogP contribution is -2.32. The fourth-order valence-corrected chi connectivity index (χ4v) is 3.67. The van der Waals surface area contributed by atoms with E-state index in [4.69, 9.17) is 0 Å². The number of hydrogen-bond acceptors (Lipinski definition) is 3. The van der Waals surface area contributed by atoms with Gasteiger partial charge in [0.15, 0.2) is 0 Å². The first-order chi connectivity index (χ1) is 8.53. The van der Waals surface area contributed by atoms with Crippen LogP contribution >= 0.6 is 0 Å². The molecule has 1 aliphatic rings. The van der Waals surface area contributed by atoms with Gasteiger partial charge in [-0.1, -0.05) is 18.9 Å². The van der Waals surface area contributed by atoms with Crippen LogP contribution in [0.5, 0.6) is 0 Å². The fourth-order valence-electron chi connectivity index (χ4n) is 2.32. The van der Waals surface area contributed by atoms with Gasteiger partial charge in [-0.3, -0.25) is 0 Å². The molecule has 0 spiro atoms. The average molecular weight is 269 g/mol. The summed E-state index contributed by atoms with van der Waals surface area (Å²) in [5.41, 5.74) is 1.56. The first kappa shape index (κ1) is 13.5. The van der Waals surface area contributed by atoms with Gasteiger partial charge in [0, 0.05) is 6.04 Å². The van der Waals surface area contributed by atoms with Crippen LogP contribution < -0.4 is 4.72 Å². The van der Waals surface area contributed by atoms with E-state index >= 15 is 0 Å². The lowest BCUT2D eigenvalue weighted by atomic mass is 10.1. The zero-order chi connectivity index (χ0) is 13.2. The van der Waals surface area contributed by atoms with E-state index in [1.54, 1.807) is 18.2 Å². The van der Waals surface area contributed by atoms with Crippen molar-refractivity contribution in [1.29, 1.82) is 0 Å². The lowest BCUT2D eigenvalue weighted by molar-refractivity contribution is 0.280. The molecule has 0 aromatic heterocycles. The van der Waals surface area contributed by atoms with Gasteiger partial charge in [0.05, 0.1) is 11.5 Å². The van der Waals surface area contributed by atoms with Crippen LogP contribution in [0, 0.1) is 6.92 Å². The Balaban J connectivity index is 2.23. The minimum Gasteiger partial charge on any atom is -0.392 e. The molecule has 18 heavy (non-hydrogen) atoms. The van der Waals surface area contributed by atoms with E-state index < -0.39 is 10.0 Å². The summed E-state index contributed by atoms with van der Waals surface area (Å²) in [6.45, 7) is 1.71. The number of aliphatic hydroxyl groups is 1. The second-order valence-corrected chi connectivity index (χ2v) is 6.56. The standard InChI is InChI=1S/C13H19NO3S/c1-10-6-7-13(8-11(10)9-15)18(16,17)14-12-4-2-3-5-12/h6-8,12,14-15H,2-5,9H2,1H3. The predicted octanol–water partition coefficient (Wildman–Crippen LogP) is 1.71. The van der Waals surface area contributed by atoms with Crippen LogP contribution in [0.2, 0.25) is 0 Å². The van der Waals surface area contributed by atoms with Gasteiger partial charge in [-0.2, -0.15) is 0 Å². The summed E-state index contributed by atoms with van der Waals surface area (Å²) in [4.78, 5) is 0.240. The molecule has 5 heteroatoms. The van der Waals surface area contributed by atoms with E-state index in [1.165, 1.54) is 0 Å². The molecular weight excluding hydrogens is 250 g/mol. The molecule has 0 atom stereocenters. The molecule has 1 saturated carbocycles. The molecule has 1 fully saturated rings. The van der Waals surface area contributed by atoms with Crippen molar-refractivity contribution in [1.82, 2.24) is 4.72 Å². The Morgan fingerprint density at radius 1 is 1.33 bits per heavy atom. The number of sulfonamides is 1. The highest BCUT2D eigenvalue weighted by Crippen LogP contribution is 2.21.